The Morgan fingerprint density at radius 2 is 2.33 bits per heavy atom. The molecule has 1 N–H and O–H groups in total. The molecule has 0 spiro atoms. The fourth-order valence-corrected chi connectivity index (χ4v) is 3.32. The molecule has 0 aromatic carbocycles. The average Bonchev–Trinajstić information content (AvgIpc) is 2.94. The van der Waals surface area contributed by atoms with E-state index >= 15 is 0 Å². The molecule has 5 heteroatoms. The Bertz CT molecular complexity index is 555. The SMILES string of the molecule is CC(C)c1nc(C2NCCc3sccc32)n(C)n1. The summed E-state index contributed by atoms with van der Waals surface area (Å²) in [5.41, 5.74) is 1.37. The molecule has 1 unspecified atom stereocenters. The molecule has 18 heavy (non-hydrogen) atoms. The molecule has 1 atom stereocenters. The minimum Gasteiger partial charge on any atom is -0.303 e. The molecule has 1 aliphatic rings. The third kappa shape index (κ3) is 1.87. The third-order valence-corrected chi connectivity index (χ3v) is 4.38. The van der Waals surface area contributed by atoms with Crippen LogP contribution in [0.25, 0.3) is 0 Å². The van der Waals surface area contributed by atoms with Gasteiger partial charge in [0.2, 0.25) is 0 Å². The molecule has 0 radical (unpaired) electrons. The lowest BCUT2D eigenvalue weighted by Crippen LogP contribution is -2.31. The minimum absolute atomic E-state index is 0.199. The van der Waals surface area contributed by atoms with E-state index in [1.165, 1.54) is 10.4 Å². The van der Waals surface area contributed by atoms with Crippen molar-refractivity contribution < 1.29 is 0 Å². The lowest BCUT2D eigenvalue weighted by Gasteiger charge is -2.23. The number of hydrogen-bond acceptors (Lipinski definition) is 4. The first-order valence-corrected chi connectivity index (χ1v) is 7.25. The number of nitrogens with one attached hydrogen (secondary N) is 1. The molecule has 3 heterocycles. The molecule has 0 saturated heterocycles. The van der Waals surface area contributed by atoms with Crippen LogP contribution in [0.3, 0.4) is 0 Å². The molecule has 2 aromatic heterocycles. The summed E-state index contributed by atoms with van der Waals surface area (Å²) in [6.07, 6.45) is 1.12. The van der Waals surface area contributed by atoms with Crippen LogP contribution in [-0.2, 0) is 13.5 Å². The Morgan fingerprint density at radius 1 is 1.50 bits per heavy atom. The second-order valence-corrected chi connectivity index (χ2v) is 6.04. The Balaban J connectivity index is 2.02. The van der Waals surface area contributed by atoms with E-state index in [0.29, 0.717) is 5.92 Å². The van der Waals surface area contributed by atoms with E-state index < -0.39 is 0 Å². The molecule has 0 bridgehead atoms. The van der Waals surface area contributed by atoms with Gasteiger partial charge in [0.1, 0.15) is 5.82 Å². The van der Waals surface area contributed by atoms with Crippen molar-refractivity contribution in [3.63, 3.8) is 0 Å². The van der Waals surface area contributed by atoms with E-state index in [9.17, 15) is 0 Å². The maximum atomic E-state index is 4.71. The van der Waals surface area contributed by atoms with Gasteiger partial charge in [-0.05, 0) is 23.4 Å². The largest absolute Gasteiger partial charge is 0.303 e. The van der Waals surface area contributed by atoms with Gasteiger partial charge in [-0.3, -0.25) is 4.68 Å². The molecule has 2 aromatic rings. The summed E-state index contributed by atoms with van der Waals surface area (Å²) >= 11 is 1.85. The number of thiophene rings is 1. The van der Waals surface area contributed by atoms with Crippen molar-refractivity contribution in [3.05, 3.63) is 33.5 Å². The van der Waals surface area contributed by atoms with Crippen LogP contribution >= 0.6 is 11.3 Å². The molecule has 3 rings (SSSR count). The molecule has 4 nitrogen and oxygen atoms in total. The van der Waals surface area contributed by atoms with Gasteiger partial charge in [-0.1, -0.05) is 13.8 Å². The van der Waals surface area contributed by atoms with Crippen LogP contribution in [0.15, 0.2) is 11.4 Å². The van der Waals surface area contributed by atoms with Gasteiger partial charge in [0.25, 0.3) is 0 Å². The van der Waals surface area contributed by atoms with Crippen molar-refractivity contribution in [2.24, 2.45) is 7.05 Å². The average molecular weight is 262 g/mol. The van der Waals surface area contributed by atoms with Gasteiger partial charge in [0, 0.05) is 24.4 Å². The predicted molar refractivity (Wildman–Crippen MR) is 73.0 cm³/mol. The summed E-state index contributed by atoms with van der Waals surface area (Å²) in [5, 5.41) is 10.2. The van der Waals surface area contributed by atoms with Gasteiger partial charge in [0.15, 0.2) is 5.82 Å². The lowest BCUT2D eigenvalue weighted by molar-refractivity contribution is 0.523. The molecule has 0 fully saturated rings. The Labute approximate surface area is 111 Å². The van der Waals surface area contributed by atoms with Crippen molar-refractivity contribution in [3.8, 4) is 0 Å². The number of fused-ring (bicyclic) bond motifs is 1. The molecular weight excluding hydrogens is 244 g/mol. The molecule has 0 aliphatic carbocycles. The highest BCUT2D eigenvalue weighted by molar-refractivity contribution is 7.10. The standard InChI is InChI=1S/C13H18N4S/c1-8(2)12-15-13(17(3)16-12)11-9-5-7-18-10(9)4-6-14-11/h5,7-8,11,14H,4,6H2,1-3H3. The predicted octanol–water partition coefficient (Wildman–Crippen LogP) is 2.24. The van der Waals surface area contributed by atoms with E-state index in [1.54, 1.807) is 0 Å². The summed E-state index contributed by atoms with van der Waals surface area (Å²) < 4.78 is 1.92. The van der Waals surface area contributed by atoms with Crippen LogP contribution in [-0.4, -0.2) is 21.3 Å². The first-order chi connectivity index (χ1) is 8.66. The van der Waals surface area contributed by atoms with Crippen molar-refractivity contribution >= 4 is 11.3 Å². The minimum atomic E-state index is 0.199. The van der Waals surface area contributed by atoms with Crippen molar-refractivity contribution in [1.29, 1.82) is 0 Å². The van der Waals surface area contributed by atoms with Crippen LogP contribution in [0, 0.1) is 0 Å². The van der Waals surface area contributed by atoms with Crippen LogP contribution < -0.4 is 5.32 Å². The number of hydrogen-bond donors (Lipinski definition) is 1. The zero-order chi connectivity index (χ0) is 12.7. The molecular formula is C13H18N4S. The van der Waals surface area contributed by atoms with Gasteiger partial charge in [-0.25, -0.2) is 4.98 Å². The molecule has 0 amide bonds. The maximum Gasteiger partial charge on any atom is 0.153 e. The summed E-state index contributed by atoms with van der Waals surface area (Å²) in [7, 11) is 1.98. The van der Waals surface area contributed by atoms with Crippen LogP contribution in [0.2, 0.25) is 0 Å². The van der Waals surface area contributed by atoms with Crippen molar-refractivity contribution in [2.45, 2.75) is 32.2 Å². The molecule has 96 valence electrons. The summed E-state index contributed by atoms with van der Waals surface area (Å²) in [5.74, 6) is 2.32. The Kier molecular flexibility index (Phi) is 2.95. The maximum absolute atomic E-state index is 4.71. The highest BCUT2D eigenvalue weighted by atomic mass is 32.1. The first kappa shape index (κ1) is 11.9. The first-order valence-electron chi connectivity index (χ1n) is 6.37. The van der Waals surface area contributed by atoms with Gasteiger partial charge in [0.05, 0.1) is 6.04 Å². The molecule has 0 saturated carbocycles. The highest BCUT2D eigenvalue weighted by Crippen LogP contribution is 2.31. The third-order valence-electron chi connectivity index (χ3n) is 3.38. The van der Waals surface area contributed by atoms with Gasteiger partial charge in [-0.15, -0.1) is 11.3 Å². The fourth-order valence-electron chi connectivity index (χ4n) is 2.39. The summed E-state index contributed by atoms with van der Waals surface area (Å²) in [4.78, 5) is 6.18. The number of aromatic nitrogens is 3. The van der Waals surface area contributed by atoms with E-state index in [1.807, 2.05) is 23.1 Å². The Hall–Kier alpha value is -1.20. The highest BCUT2D eigenvalue weighted by Gasteiger charge is 2.26. The number of nitrogens with zero attached hydrogens (tertiary/aromatic N) is 3. The zero-order valence-electron chi connectivity index (χ0n) is 11.0. The molecule has 1 aliphatic heterocycles. The summed E-state index contributed by atoms with van der Waals surface area (Å²) in [6, 6.07) is 2.41. The number of aryl methyl sites for hydroxylation is 1. The summed E-state index contributed by atoms with van der Waals surface area (Å²) in [6.45, 7) is 5.27. The Morgan fingerprint density at radius 3 is 3.06 bits per heavy atom. The fraction of sp³-hybridized carbons (Fsp3) is 0.538. The smallest absolute Gasteiger partial charge is 0.153 e. The van der Waals surface area contributed by atoms with Crippen LogP contribution in [0.5, 0.6) is 0 Å². The lowest BCUT2D eigenvalue weighted by atomic mass is 10.0. The second kappa shape index (κ2) is 4.48. The van der Waals surface area contributed by atoms with Crippen molar-refractivity contribution in [1.82, 2.24) is 20.1 Å². The van der Waals surface area contributed by atoms with Crippen molar-refractivity contribution in [2.75, 3.05) is 6.54 Å². The van der Waals surface area contributed by atoms with Gasteiger partial charge < -0.3 is 5.32 Å². The topological polar surface area (TPSA) is 42.7 Å². The quantitative estimate of drug-likeness (QED) is 0.902. The van der Waals surface area contributed by atoms with E-state index in [0.717, 1.165) is 24.6 Å². The zero-order valence-corrected chi connectivity index (χ0v) is 11.8. The monoisotopic (exact) mass is 262 g/mol. The van der Waals surface area contributed by atoms with E-state index in [4.69, 9.17) is 4.98 Å². The normalized spacial score (nSPS) is 19.2. The van der Waals surface area contributed by atoms with Gasteiger partial charge in [-0.2, -0.15) is 5.10 Å². The van der Waals surface area contributed by atoms with E-state index in [-0.39, 0.29) is 6.04 Å². The number of rotatable bonds is 2. The van der Waals surface area contributed by atoms with Crippen LogP contribution in [0.4, 0.5) is 0 Å². The van der Waals surface area contributed by atoms with Crippen LogP contribution in [0.1, 0.15) is 47.9 Å². The van der Waals surface area contributed by atoms with Gasteiger partial charge >= 0.3 is 0 Å². The second-order valence-electron chi connectivity index (χ2n) is 5.04. The van der Waals surface area contributed by atoms with E-state index in [2.05, 4.69) is 35.7 Å².